The van der Waals surface area contributed by atoms with Gasteiger partial charge in [-0.15, -0.1) is 0 Å². The Morgan fingerprint density at radius 1 is 1.11 bits per heavy atom. The second-order valence-electron chi connectivity index (χ2n) is 4.38. The smallest absolute Gasteiger partial charge is 0.481 e. The van der Waals surface area contributed by atoms with Crippen LogP contribution in [0.2, 0.25) is 6.04 Å². The molecule has 0 spiro atoms. The van der Waals surface area contributed by atoms with E-state index in [1.807, 2.05) is 0 Å². The van der Waals surface area contributed by atoms with Gasteiger partial charge in [-0.3, -0.25) is 4.79 Å². The lowest BCUT2D eigenvalue weighted by molar-refractivity contribution is -0.137. The van der Waals surface area contributed by atoms with E-state index >= 15 is 0 Å². The Labute approximate surface area is 117 Å². The molecule has 0 aliphatic heterocycles. The number of hydrogen-bond acceptors (Lipinski definition) is 5. The second kappa shape index (κ2) is 10.3. The van der Waals surface area contributed by atoms with E-state index in [2.05, 4.69) is 11.8 Å². The van der Waals surface area contributed by atoms with Crippen LogP contribution in [0, 0.1) is 0 Å². The molecule has 7 heteroatoms. The van der Waals surface area contributed by atoms with Crippen LogP contribution >= 0.6 is 0 Å². The Hall–Kier alpha value is -0.473. The summed E-state index contributed by atoms with van der Waals surface area (Å²) in [6.45, 7) is 4.43. The Bertz CT molecular complexity index is 240. The topological polar surface area (TPSA) is 68.2 Å². The molecule has 0 saturated heterocycles. The van der Waals surface area contributed by atoms with Gasteiger partial charge in [-0.05, 0) is 25.9 Å². The molecule has 0 atom stereocenters. The number of carboxylic acid groups (broad SMARTS) is 1. The molecular formula is C12H27NO5Si. The first-order valence-corrected chi connectivity index (χ1v) is 8.56. The Morgan fingerprint density at radius 2 is 1.68 bits per heavy atom. The minimum atomic E-state index is -2.49. The van der Waals surface area contributed by atoms with Gasteiger partial charge in [0.25, 0.3) is 0 Å². The van der Waals surface area contributed by atoms with Crippen LogP contribution in [0.5, 0.6) is 0 Å². The molecule has 0 aliphatic rings. The van der Waals surface area contributed by atoms with E-state index < -0.39 is 14.8 Å². The summed E-state index contributed by atoms with van der Waals surface area (Å²) < 4.78 is 16.1. The van der Waals surface area contributed by atoms with Crippen molar-refractivity contribution in [2.24, 2.45) is 0 Å². The average molecular weight is 293 g/mol. The lowest BCUT2D eigenvalue weighted by atomic mass is 10.3. The highest BCUT2D eigenvalue weighted by molar-refractivity contribution is 6.60. The van der Waals surface area contributed by atoms with Crippen molar-refractivity contribution in [3.8, 4) is 0 Å². The summed E-state index contributed by atoms with van der Waals surface area (Å²) in [5, 5.41) is 8.72. The van der Waals surface area contributed by atoms with Gasteiger partial charge in [-0.25, -0.2) is 0 Å². The van der Waals surface area contributed by atoms with E-state index in [-0.39, 0.29) is 6.42 Å². The number of carboxylic acids is 1. The maximum atomic E-state index is 10.6. The number of rotatable bonds is 12. The first-order valence-electron chi connectivity index (χ1n) is 6.63. The fourth-order valence-electron chi connectivity index (χ4n) is 1.98. The fraction of sp³-hybridized carbons (Fsp3) is 0.917. The normalized spacial score (nSPS) is 12.1. The van der Waals surface area contributed by atoms with Gasteiger partial charge in [-0.1, -0.05) is 6.92 Å². The van der Waals surface area contributed by atoms with Gasteiger partial charge in [0.15, 0.2) is 0 Å². The Morgan fingerprint density at radius 3 is 2.11 bits per heavy atom. The number of carbonyl (C=O) groups is 1. The zero-order valence-electron chi connectivity index (χ0n) is 12.5. The molecule has 0 fully saturated rings. The average Bonchev–Trinajstić information content (AvgIpc) is 2.41. The van der Waals surface area contributed by atoms with E-state index in [9.17, 15) is 4.79 Å². The van der Waals surface area contributed by atoms with E-state index in [0.717, 1.165) is 32.0 Å². The molecule has 1 N–H and O–H groups in total. The van der Waals surface area contributed by atoms with Crippen LogP contribution in [-0.2, 0) is 18.1 Å². The van der Waals surface area contributed by atoms with Gasteiger partial charge in [-0.2, -0.15) is 0 Å². The molecule has 6 nitrogen and oxygen atoms in total. The molecule has 0 aromatic carbocycles. The van der Waals surface area contributed by atoms with Crippen LogP contribution in [-0.4, -0.2) is 65.7 Å². The predicted molar refractivity (Wildman–Crippen MR) is 75.2 cm³/mol. The van der Waals surface area contributed by atoms with Crippen molar-refractivity contribution in [3.63, 3.8) is 0 Å². The van der Waals surface area contributed by atoms with Gasteiger partial charge in [0.1, 0.15) is 0 Å². The third-order valence-corrected chi connectivity index (χ3v) is 5.90. The monoisotopic (exact) mass is 293 g/mol. The predicted octanol–water partition coefficient (Wildman–Crippen LogP) is 1.44. The minimum Gasteiger partial charge on any atom is -0.481 e. The molecule has 0 saturated carbocycles. The molecule has 0 aromatic rings. The quantitative estimate of drug-likeness (QED) is 0.549. The van der Waals surface area contributed by atoms with Gasteiger partial charge in [0.2, 0.25) is 0 Å². The molecule has 0 amide bonds. The van der Waals surface area contributed by atoms with E-state index in [1.165, 1.54) is 0 Å². The number of hydrogen-bond donors (Lipinski definition) is 1. The lowest BCUT2D eigenvalue weighted by Crippen LogP contribution is -2.43. The summed E-state index contributed by atoms with van der Waals surface area (Å²) in [5.41, 5.74) is 0. The molecule has 114 valence electrons. The second-order valence-corrected chi connectivity index (χ2v) is 7.48. The van der Waals surface area contributed by atoms with Crippen LogP contribution in [0.15, 0.2) is 0 Å². The van der Waals surface area contributed by atoms with Gasteiger partial charge < -0.3 is 23.3 Å². The minimum absolute atomic E-state index is 0.182. The molecule has 19 heavy (non-hydrogen) atoms. The van der Waals surface area contributed by atoms with Crippen molar-refractivity contribution < 1.29 is 23.2 Å². The van der Waals surface area contributed by atoms with Gasteiger partial charge >= 0.3 is 14.8 Å². The summed E-state index contributed by atoms with van der Waals surface area (Å²) in [6, 6.07) is 0.740. The van der Waals surface area contributed by atoms with Gasteiger partial charge in [0, 0.05) is 33.9 Å². The molecule has 0 unspecified atom stereocenters. The highest BCUT2D eigenvalue weighted by Crippen LogP contribution is 2.15. The summed E-state index contributed by atoms with van der Waals surface area (Å²) >= 11 is 0. The van der Waals surface area contributed by atoms with Gasteiger partial charge in [0.05, 0.1) is 6.42 Å². The van der Waals surface area contributed by atoms with Crippen molar-refractivity contribution in [3.05, 3.63) is 0 Å². The summed E-state index contributed by atoms with van der Waals surface area (Å²) in [5.74, 6) is -0.754. The van der Waals surface area contributed by atoms with Crippen LogP contribution in [0.3, 0.4) is 0 Å². The van der Waals surface area contributed by atoms with Crippen molar-refractivity contribution >= 4 is 14.8 Å². The largest absolute Gasteiger partial charge is 0.500 e. The third kappa shape index (κ3) is 7.63. The SMILES string of the molecule is CCCN(CCC[Si](OC)(OC)OC)CCC(=O)O. The zero-order chi connectivity index (χ0) is 14.7. The van der Waals surface area contributed by atoms with Crippen molar-refractivity contribution in [1.82, 2.24) is 4.90 Å². The third-order valence-electron chi connectivity index (χ3n) is 3.07. The zero-order valence-corrected chi connectivity index (χ0v) is 13.5. The highest BCUT2D eigenvalue weighted by Gasteiger charge is 2.36. The van der Waals surface area contributed by atoms with Crippen LogP contribution in [0.1, 0.15) is 26.2 Å². The van der Waals surface area contributed by atoms with Crippen molar-refractivity contribution in [1.29, 1.82) is 0 Å². The highest BCUT2D eigenvalue weighted by atomic mass is 28.4. The van der Waals surface area contributed by atoms with E-state index in [4.69, 9.17) is 18.4 Å². The molecule has 0 radical (unpaired) electrons. The summed E-state index contributed by atoms with van der Waals surface area (Å²) in [6.07, 6.45) is 2.07. The molecule has 0 heterocycles. The number of nitrogens with zero attached hydrogens (tertiary/aromatic N) is 1. The molecule has 0 aromatic heterocycles. The maximum absolute atomic E-state index is 10.6. The maximum Gasteiger partial charge on any atom is 0.500 e. The summed E-state index contributed by atoms with van der Waals surface area (Å²) in [7, 11) is 2.32. The Kier molecular flexibility index (Phi) is 10.1. The van der Waals surface area contributed by atoms with Crippen molar-refractivity contribution in [2.75, 3.05) is 41.0 Å². The van der Waals surface area contributed by atoms with Crippen LogP contribution in [0.4, 0.5) is 0 Å². The molecular weight excluding hydrogens is 266 g/mol. The Balaban J connectivity index is 4.12. The fourth-order valence-corrected chi connectivity index (χ4v) is 3.68. The first kappa shape index (κ1) is 18.5. The van der Waals surface area contributed by atoms with E-state index in [1.54, 1.807) is 21.3 Å². The standard InChI is InChI=1S/C12H27NO5Si/c1-5-8-13(10-7-12(14)15)9-6-11-19(16-2,17-3)18-4/h5-11H2,1-4H3,(H,14,15). The van der Waals surface area contributed by atoms with E-state index in [0.29, 0.717) is 6.54 Å². The molecule has 0 rings (SSSR count). The van der Waals surface area contributed by atoms with Crippen LogP contribution < -0.4 is 0 Å². The summed E-state index contributed by atoms with van der Waals surface area (Å²) in [4.78, 5) is 12.8. The first-order chi connectivity index (χ1) is 9.03. The number of aliphatic carboxylic acids is 1. The van der Waals surface area contributed by atoms with Crippen molar-refractivity contribution in [2.45, 2.75) is 32.2 Å². The van der Waals surface area contributed by atoms with Crippen LogP contribution in [0.25, 0.3) is 0 Å². The molecule has 0 bridgehead atoms. The molecule has 0 aliphatic carbocycles. The lowest BCUT2D eigenvalue weighted by Gasteiger charge is -2.26.